The van der Waals surface area contributed by atoms with Crippen molar-refractivity contribution in [2.45, 2.75) is 56.4 Å². The molecule has 1 aromatic carbocycles. The van der Waals surface area contributed by atoms with E-state index in [-0.39, 0.29) is 10.8 Å². The molecular formula is C17H22N4O4S. The molecule has 9 heteroatoms. The molecule has 0 saturated heterocycles. The van der Waals surface area contributed by atoms with E-state index < -0.39 is 15.6 Å². The summed E-state index contributed by atoms with van der Waals surface area (Å²) in [4.78, 5) is 15.5. The molecule has 140 valence electrons. The van der Waals surface area contributed by atoms with E-state index in [9.17, 15) is 13.2 Å². The molecule has 2 aromatic rings. The van der Waals surface area contributed by atoms with Crippen LogP contribution in [0.15, 0.2) is 33.7 Å². The van der Waals surface area contributed by atoms with Crippen molar-refractivity contribution >= 4 is 21.6 Å². The third-order valence-corrected chi connectivity index (χ3v) is 6.01. The van der Waals surface area contributed by atoms with Gasteiger partial charge in [0.25, 0.3) is 0 Å². The van der Waals surface area contributed by atoms with Crippen molar-refractivity contribution in [3.63, 3.8) is 0 Å². The van der Waals surface area contributed by atoms with Gasteiger partial charge in [-0.15, -0.1) is 0 Å². The second-order valence-corrected chi connectivity index (χ2v) is 8.28. The van der Waals surface area contributed by atoms with Gasteiger partial charge in [-0.05, 0) is 44.0 Å². The number of aromatic nitrogens is 2. The van der Waals surface area contributed by atoms with Crippen molar-refractivity contribution in [2.75, 3.05) is 5.32 Å². The van der Waals surface area contributed by atoms with E-state index in [0.29, 0.717) is 30.2 Å². The molecule has 0 bridgehead atoms. The average molecular weight is 378 g/mol. The molecule has 0 radical (unpaired) electrons. The first-order valence-electron chi connectivity index (χ1n) is 8.53. The van der Waals surface area contributed by atoms with E-state index in [1.165, 1.54) is 19.1 Å². The largest absolute Gasteiger partial charge is 0.337 e. The second-order valence-electron chi connectivity index (χ2n) is 6.60. The molecule has 2 N–H and O–H groups in total. The molecule has 1 aliphatic carbocycles. The van der Waals surface area contributed by atoms with Gasteiger partial charge in [0.15, 0.2) is 5.82 Å². The number of aryl methyl sites for hydroxylation is 1. The van der Waals surface area contributed by atoms with Gasteiger partial charge in [-0.3, -0.25) is 4.79 Å². The highest BCUT2D eigenvalue weighted by Crippen LogP contribution is 2.37. The molecular weight excluding hydrogens is 356 g/mol. The summed E-state index contributed by atoms with van der Waals surface area (Å²) in [6.07, 6.45) is 4.02. The minimum absolute atomic E-state index is 0.118. The van der Waals surface area contributed by atoms with Crippen molar-refractivity contribution in [2.24, 2.45) is 0 Å². The Bertz CT molecular complexity index is 884. The lowest BCUT2D eigenvalue weighted by Gasteiger charge is -2.34. The molecule has 0 aliphatic heterocycles. The summed E-state index contributed by atoms with van der Waals surface area (Å²) in [5.74, 6) is 0.573. The molecule has 1 aromatic heterocycles. The molecule has 1 heterocycles. The van der Waals surface area contributed by atoms with Crippen molar-refractivity contribution < 1.29 is 17.7 Å². The predicted octanol–water partition coefficient (Wildman–Crippen LogP) is 2.47. The SMILES string of the molecule is CC(=O)Nc1ccc(S(=O)(=O)NC2(c3nc(C)no3)CCCCC2)cc1. The molecule has 3 rings (SSSR count). The number of nitrogens with one attached hydrogen (secondary N) is 2. The number of anilines is 1. The predicted molar refractivity (Wildman–Crippen MR) is 94.9 cm³/mol. The summed E-state index contributed by atoms with van der Waals surface area (Å²) in [7, 11) is -3.79. The molecule has 0 unspecified atom stereocenters. The van der Waals surface area contributed by atoms with Gasteiger partial charge in [0.05, 0.1) is 4.90 Å². The maximum Gasteiger partial charge on any atom is 0.247 e. The number of nitrogens with zero attached hydrogens (tertiary/aromatic N) is 2. The lowest BCUT2D eigenvalue weighted by molar-refractivity contribution is -0.114. The highest BCUT2D eigenvalue weighted by atomic mass is 32.2. The maximum absolute atomic E-state index is 12.9. The van der Waals surface area contributed by atoms with Crippen molar-refractivity contribution in [1.82, 2.24) is 14.9 Å². The zero-order valence-electron chi connectivity index (χ0n) is 14.8. The van der Waals surface area contributed by atoms with Crippen LogP contribution in [0.2, 0.25) is 0 Å². The van der Waals surface area contributed by atoms with Gasteiger partial charge in [0, 0.05) is 12.6 Å². The van der Waals surface area contributed by atoms with Gasteiger partial charge in [0.1, 0.15) is 5.54 Å². The number of benzene rings is 1. The molecule has 1 aliphatic rings. The van der Waals surface area contributed by atoms with Crippen molar-refractivity contribution in [3.8, 4) is 0 Å². The fourth-order valence-corrected chi connectivity index (χ4v) is 4.66. The van der Waals surface area contributed by atoms with E-state index >= 15 is 0 Å². The van der Waals surface area contributed by atoms with E-state index in [4.69, 9.17) is 4.52 Å². The normalized spacial score (nSPS) is 17.0. The molecule has 8 nitrogen and oxygen atoms in total. The summed E-state index contributed by atoms with van der Waals surface area (Å²) in [6.45, 7) is 3.10. The lowest BCUT2D eigenvalue weighted by atomic mass is 9.82. The highest BCUT2D eigenvalue weighted by molar-refractivity contribution is 7.89. The molecule has 1 fully saturated rings. The van der Waals surface area contributed by atoms with E-state index in [1.807, 2.05) is 0 Å². The van der Waals surface area contributed by atoms with Gasteiger partial charge in [-0.1, -0.05) is 24.4 Å². The number of amides is 1. The van der Waals surface area contributed by atoms with Crippen LogP contribution in [0.4, 0.5) is 5.69 Å². The molecule has 1 saturated carbocycles. The first-order chi connectivity index (χ1) is 12.3. The zero-order chi connectivity index (χ0) is 18.8. The standard InChI is InChI=1S/C17H22N4O4S/c1-12-18-16(25-20-12)17(10-4-3-5-11-17)21-26(23,24)15-8-6-14(7-9-15)19-13(2)22/h6-9,21H,3-5,10-11H2,1-2H3,(H,19,22). The fourth-order valence-electron chi connectivity index (χ4n) is 3.24. The maximum atomic E-state index is 12.9. The third-order valence-electron chi connectivity index (χ3n) is 4.46. The number of carbonyl (C=O) groups is 1. The van der Waals surface area contributed by atoms with Crippen LogP contribution in [0, 0.1) is 6.92 Å². The zero-order valence-corrected chi connectivity index (χ0v) is 15.6. The first kappa shape index (κ1) is 18.5. The van der Waals surface area contributed by atoms with E-state index in [2.05, 4.69) is 20.2 Å². The number of hydrogen-bond acceptors (Lipinski definition) is 6. The molecule has 1 amide bonds. The van der Waals surface area contributed by atoms with Crippen LogP contribution < -0.4 is 10.0 Å². The molecule has 0 atom stereocenters. The Kier molecular flexibility index (Phi) is 5.10. The Balaban J connectivity index is 1.89. The Morgan fingerprint density at radius 3 is 2.35 bits per heavy atom. The quantitative estimate of drug-likeness (QED) is 0.826. The number of sulfonamides is 1. The molecule has 0 spiro atoms. The lowest BCUT2D eigenvalue weighted by Crippen LogP contribution is -2.47. The minimum atomic E-state index is -3.79. The number of rotatable bonds is 5. The first-order valence-corrected chi connectivity index (χ1v) is 10.0. The Morgan fingerprint density at radius 2 is 1.81 bits per heavy atom. The summed E-state index contributed by atoms with van der Waals surface area (Å²) in [5.41, 5.74) is -0.342. The summed E-state index contributed by atoms with van der Waals surface area (Å²) >= 11 is 0. The third kappa shape index (κ3) is 3.94. The van der Waals surface area contributed by atoms with Gasteiger partial charge < -0.3 is 9.84 Å². The average Bonchev–Trinajstić information content (AvgIpc) is 3.02. The summed E-state index contributed by atoms with van der Waals surface area (Å²) < 4.78 is 34.0. The number of carbonyl (C=O) groups excluding carboxylic acids is 1. The summed E-state index contributed by atoms with van der Waals surface area (Å²) in [6, 6.07) is 6.03. The van der Waals surface area contributed by atoms with Gasteiger partial charge in [-0.25, -0.2) is 8.42 Å². The van der Waals surface area contributed by atoms with Crippen molar-refractivity contribution in [3.05, 3.63) is 36.0 Å². The highest BCUT2D eigenvalue weighted by Gasteiger charge is 2.42. The Hall–Kier alpha value is -2.26. The topological polar surface area (TPSA) is 114 Å². The van der Waals surface area contributed by atoms with E-state index in [0.717, 1.165) is 19.3 Å². The number of hydrogen-bond donors (Lipinski definition) is 2. The Labute approximate surface area is 152 Å². The van der Waals surface area contributed by atoms with Crippen LogP contribution in [-0.4, -0.2) is 24.5 Å². The smallest absolute Gasteiger partial charge is 0.247 e. The fraction of sp³-hybridized carbons (Fsp3) is 0.471. The van der Waals surface area contributed by atoms with Crippen molar-refractivity contribution in [1.29, 1.82) is 0 Å². The molecule has 26 heavy (non-hydrogen) atoms. The van der Waals surface area contributed by atoms with Crippen LogP contribution in [0.3, 0.4) is 0 Å². The summed E-state index contributed by atoms with van der Waals surface area (Å²) in [5, 5.41) is 6.43. The van der Waals surface area contributed by atoms with Crippen LogP contribution in [-0.2, 0) is 20.4 Å². The van der Waals surface area contributed by atoms with Crippen LogP contribution in [0.25, 0.3) is 0 Å². The monoisotopic (exact) mass is 378 g/mol. The van der Waals surface area contributed by atoms with Gasteiger partial charge >= 0.3 is 0 Å². The van der Waals surface area contributed by atoms with Crippen LogP contribution in [0.5, 0.6) is 0 Å². The van der Waals surface area contributed by atoms with Crippen LogP contribution in [0.1, 0.15) is 50.7 Å². The van der Waals surface area contributed by atoms with E-state index in [1.54, 1.807) is 19.1 Å². The Morgan fingerprint density at radius 1 is 1.15 bits per heavy atom. The van der Waals surface area contributed by atoms with Gasteiger partial charge in [-0.2, -0.15) is 9.71 Å². The minimum Gasteiger partial charge on any atom is -0.337 e. The van der Waals surface area contributed by atoms with Crippen LogP contribution >= 0.6 is 0 Å². The van der Waals surface area contributed by atoms with Gasteiger partial charge in [0.2, 0.25) is 21.8 Å². The second kappa shape index (κ2) is 7.16.